The van der Waals surface area contributed by atoms with Gasteiger partial charge in [0.05, 0.1) is 0 Å². The lowest BCUT2D eigenvalue weighted by molar-refractivity contribution is -0.167. The summed E-state index contributed by atoms with van der Waals surface area (Å²) in [6.07, 6.45) is 88.8. The Morgan fingerprint density at radius 1 is 0.276 bits per heavy atom. The van der Waals surface area contributed by atoms with Gasteiger partial charge in [-0.1, -0.05) is 244 Å². The predicted octanol–water partition coefficient (Wildman–Crippen LogP) is 21.4. The zero-order valence-corrected chi connectivity index (χ0v) is 49.2. The van der Waals surface area contributed by atoms with Gasteiger partial charge >= 0.3 is 17.9 Å². The fraction of sp³-hybridized carbons (Fsp3) is 0.643. The minimum Gasteiger partial charge on any atom is -0.462 e. The van der Waals surface area contributed by atoms with Crippen LogP contribution in [0.4, 0.5) is 0 Å². The SMILES string of the molecule is CC/C=C\C/C=C\C/C=C\C/C=C\C/C=C\C/C=C\C/C=C\CCCCCC(=O)OCC(COC(=O)CCCCCCC/C=C\CCCCC)OC(=O)CCCCCCCC/C=C\C/C=C\C/C=C\CCCCCCC. The lowest BCUT2D eigenvalue weighted by Gasteiger charge is -2.18. The largest absolute Gasteiger partial charge is 0.462 e. The van der Waals surface area contributed by atoms with Crippen LogP contribution in [0.2, 0.25) is 0 Å². The van der Waals surface area contributed by atoms with Crippen LogP contribution in [0.25, 0.3) is 0 Å². The molecule has 0 aliphatic rings. The Morgan fingerprint density at radius 2 is 0.513 bits per heavy atom. The van der Waals surface area contributed by atoms with Crippen LogP contribution in [0.5, 0.6) is 0 Å². The van der Waals surface area contributed by atoms with E-state index in [4.69, 9.17) is 14.2 Å². The fourth-order valence-electron chi connectivity index (χ4n) is 8.19. The highest BCUT2D eigenvalue weighted by Gasteiger charge is 2.19. The molecule has 0 rings (SSSR count). The van der Waals surface area contributed by atoms with E-state index in [1.54, 1.807) is 0 Å². The highest BCUT2D eigenvalue weighted by molar-refractivity contribution is 5.71. The fourth-order valence-corrected chi connectivity index (χ4v) is 8.19. The Labute approximate surface area is 468 Å². The van der Waals surface area contributed by atoms with Crippen LogP contribution in [0, 0.1) is 0 Å². The van der Waals surface area contributed by atoms with Crippen molar-refractivity contribution in [2.24, 2.45) is 0 Å². The van der Waals surface area contributed by atoms with Gasteiger partial charge in [-0.2, -0.15) is 0 Å². The van der Waals surface area contributed by atoms with Crippen molar-refractivity contribution in [3.8, 4) is 0 Å². The monoisotopic (exact) mass is 1050 g/mol. The summed E-state index contributed by atoms with van der Waals surface area (Å²) in [4.78, 5) is 38.2. The smallest absolute Gasteiger partial charge is 0.306 e. The number of hydrogen-bond acceptors (Lipinski definition) is 6. The van der Waals surface area contributed by atoms with E-state index >= 15 is 0 Å². The van der Waals surface area contributed by atoms with E-state index in [-0.39, 0.29) is 31.1 Å². The third-order valence-electron chi connectivity index (χ3n) is 12.9. The molecular formula is C70H114O6. The van der Waals surface area contributed by atoms with Crippen molar-refractivity contribution in [2.75, 3.05) is 13.2 Å². The summed E-state index contributed by atoms with van der Waals surface area (Å²) >= 11 is 0. The molecule has 430 valence electrons. The van der Waals surface area contributed by atoms with Gasteiger partial charge in [0.15, 0.2) is 6.10 Å². The molecule has 6 nitrogen and oxygen atoms in total. The molecule has 0 N–H and O–H groups in total. The molecule has 0 aromatic heterocycles. The Morgan fingerprint density at radius 3 is 0.855 bits per heavy atom. The average Bonchev–Trinajstić information content (AvgIpc) is 3.42. The molecule has 1 atom stereocenters. The second-order valence-corrected chi connectivity index (χ2v) is 20.2. The van der Waals surface area contributed by atoms with Crippen LogP contribution in [-0.2, 0) is 28.6 Å². The van der Waals surface area contributed by atoms with Gasteiger partial charge in [0.1, 0.15) is 13.2 Å². The highest BCUT2D eigenvalue weighted by atomic mass is 16.6. The summed E-state index contributed by atoms with van der Waals surface area (Å²) in [6, 6.07) is 0. The lowest BCUT2D eigenvalue weighted by Crippen LogP contribution is -2.30. The van der Waals surface area contributed by atoms with E-state index in [0.717, 1.165) is 148 Å². The van der Waals surface area contributed by atoms with Gasteiger partial charge in [-0.05, 0) is 141 Å². The number of carbonyl (C=O) groups is 3. The molecule has 0 saturated heterocycles. The molecule has 0 aliphatic heterocycles. The minimum atomic E-state index is -0.808. The average molecular weight is 1050 g/mol. The summed E-state index contributed by atoms with van der Waals surface area (Å²) in [6.45, 7) is 6.44. The molecule has 0 amide bonds. The number of carbonyl (C=O) groups excluding carboxylic acids is 3. The van der Waals surface area contributed by atoms with E-state index in [1.807, 2.05) is 0 Å². The highest BCUT2D eigenvalue weighted by Crippen LogP contribution is 2.14. The van der Waals surface area contributed by atoms with Crippen LogP contribution < -0.4 is 0 Å². The summed E-state index contributed by atoms with van der Waals surface area (Å²) < 4.78 is 16.9. The van der Waals surface area contributed by atoms with Gasteiger partial charge < -0.3 is 14.2 Å². The molecule has 0 aromatic carbocycles. The van der Waals surface area contributed by atoms with Crippen LogP contribution in [0.15, 0.2) is 134 Å². The number of ether oxygens (including phenoxy) is 3. The Hall–Kier alpha value is -4.45. The first-order valence-electron chi connectivity index (χ1n) is 31.2. The number of allylic oxidation sites excluding steroid dienone is 22. The summed E-state index contributed by atoms with van der Waals surface area (Å²) in [7, 11) is 0. The lowest BCUT2D eigenvalue weighted by atomic mass is 10.1. The number of unbranched alkanes of at least 4 members (excludes halogenated alkanes) is 22. The molecule has 1 unspecified atom stereocenters. The molecule has 0 heterocycles. The molecule has 0 fully saturated rings. The second-order valence-electron chi connectivity index (χ2n) is 20.2. The first-order valence-corrected chi connectivity index (χ1v) is 31.2. The molecule has 0 radical (unpaired) electrons. The van der Waals surface area contributed by atoms with Crippen molar-refractivity contribution in [1.29, 1.82) is 0 Å². The number of esters is 3. The zero-order valence-electron chi connectivity index (χ0n) is 49.2. The normalized spacial score (nSPS) is 13.0. The first-order chi connectivity index (χ1) is 37.5. The molecule has 76 heavy (non-hydrogen) atoms. The predicted molar refractivity (Wildman–Crippen MR) is 329 cm³/mol. The van der Waals surface area contributed by atoms with Crippen molar-refractivity contribution < 1.29 is 28.6 Å². The topological polar surface area (TPSA) is 78.9 Å². The van der Waals surface area contributed by atoms with E-state index < -0.39 is 6.10 Å². The number of rotatable bonds is 55. The molecule has 0 bridgehead atoms. The summed E-state index contributed by atoms with van der Waals surface area (Å²) in [5.74, 6) is -0.959. The molecule has 0 aromatic rings. The zero-order chi connectivity index (χ0) is 55.0. The van der Waals surface area contributed by atoms with Crippen molar-refractivity contribution in [2.45, 2.75) is 277 Å². The van der Waals surface area contributed by atoms with E-state index in [0.29, 0.717) is 19.3 Å². The van der Waals surface area contributed by atoms with Crippen LogP contribution in [-0.4, -0.2) is 37.2 Å². The molecule has 0 aliphatic carbocycles. The maximum Gasteiger partial charge on any atom is 0.306 e. The van der Waals surface area contributed by atoms with E-state index in [1.165, 1.54) is 83.5 Å². The molecule has 0 saturated carbocycles. The maximum atomic E-state index is 12.9. The quantitative estimate of drug-likeness (QED) is 0.0261. The van der Waals surface area contributed by atoms with Crippen LogP contribution in [0.3, 0.4) is 0 Å². The van der Waals surface area contributed by atoms with Gasteiger partial charge in [0, 0.05) is 19.3 Å². The third-order valence-corrected chi connectivity index (χ3v) is 12.9. The number of hydrogen-bond donors (Lipinski definition) is 0. The molecule has 0 spiro atoms. The van der Waals surface area contributed by atoms with Gasteiger partial charge in [0.25, 0.3) is 0 Å². The van der Waals surface area contributed by atoms with Crippen LogP contribution >= 0.6 is 0 Å². The van der Waals surface area contributed by atoms with Crippen molar-refractivity contribution in [1.82, 2.24) is 0 Å². The second kappa shape index (κ2) is 63.1. The van der Waals surface area contributed by atoms with Crippen LogP contribution in [0.1, 0.15) is 271 Å². The van der Waals surface area contributed by atoms with Gasteiger partial charge in [-0.3, -0.25) is 14.4 Å². The van der Waals surface area contributed by atoms with Gasteiger partial charge in [0.2, 0.25) is 0 Å². The first kappa shape index (κ1) is 71.5. The summed E-state index contributed by atoms with van der Waals surface area (Å²) in [5.41, 5.74) is 0. The summed E-state index contributed by atoms with van der Waals surface area (Å²) in [5, 5.41) is 0. The maximum absolute atomic E-state index is 12.9. The van der Waals surface area contributed by atoms with Crippen molar-refractivity contribution in [3.63, 3.8) is 0 Å². The Bertz CT molecular complexity index is 1630. The molecular weight excluding hydrogens is 937 g/mol. The van der Waals surface area contributed by atoms with Gasteiger partial charge in [-0.15, -0.1) is 0 Å². The minimum absolute atomic E-state index is 0.102. The van der Waals surface area contributed by atoms with Gasteiger partial charge in [-0.25, -0.2) is 0 Å². The van der Waals surface area contributed by atoms with Crippen molar-refractivity contribution >= 4 is 17.9 Å². The molecule has 6 heteroatoms. The van der Waals surface area contributed by atoms with E-state index in [2.05, 4.69) is 154 Å². The third kappa shape index (κ3) is 60.4. The Kier molecular flexibility index (Phi) is 59.4. The van der Waals surface area contributed by atoms with E-state index in [9.17, 15) is 14.4 Å². The Balaban J connectivity index is 4.45. The van der Waals surface area contributed by atoms with Crippen molar-refractivity contribution in [3.05, 3.63) is 134 Å². The standard InChI is InChI=1S/C70H114O6/c1-4-7-10-13-16-19-22-25-27-29-31-33-34-35-36-38-39-41-43-45-48-51-54-57-60-63-69(72)75-66-67(65-74-68(71)62-59-56-53-50-47-24-21-18-15-12-9-6-3)76-70(73)64-61-58-55-52-49-46-44-42-40-37-32-30-28-26-23-20-17-14-11-8-5-2/h7,10,16,18-19,21,23,25-27,30-33,35-36,39-42,45,48,67H,4-6,8-9,11-15,17,20,22,24,28-29,34,37-38,43-44,46-47,49-66H2,1-3H3/b10-7-,19-16-,21-18-,26-23-,27-25-,32-30-,33-31-,36-35-,41-39-,42-40-,48-45-.